The highest BCUT2D eigenvalue weighted by Gasteiger charge is 2.23. The van der Waals surface area contributed by atoms with E-state index in [0.29, 0.717) is 5.56 Å². The molecular formula is C27H21N2O+. The first-order valence-corrected chi connectivity index (χ1v) is 9.99. The number of hydrogen-bond acceptors (Lipinski definition) is 2. The van der Waals surface area contributed by atoms with Crippen molar-refractivity contribution in [3.63, 3.8) is 0 Å². The molecule has 0 unspecified atom stereocenters. The van der Waals surface area contributed by atoms with Gasteiger partial charge in [-0.25, -0.2) is 4.57 Å². The third-order valence-electron chi connectivity index (χ3n) is 5.76. The van der Waals surface area contributed by atoms with Crippen molar-refractivity contribution in [3.05, 3.63) is 89.6 Å². The van der Waals surface area contributed by atoms with E-state index in [1.807, 2.05) is 42.5 Å². The van der Waals surface area contributed by atoms with Crippen molar-refractivity contribution in [3.8, 4) is 28.5 Å². The number of rotatable bonds is 2. The summed E-state index contributed by atoms with van der Waals surface area (Å²) in [5.74, 6) is 0. The second-order valence-electron chi connectivity index (χ2n) is 7.78. The molecule has 5 aromatic rings. The molecule has 3 heteroatoms. The molecule has 0 fully saturated rings. The van der Waals surface area contributed by atoms with Crippen LogP contribution in [0.5, 0.6) is 0 Å². The van der Waals surface area contributed by atoms with Crippen molar-refractivity contribution in [2.45, 2.75) is 13.8 Å². The van der Waals surface area contributed by atoms with Crippen molar-refractivity contribution < 1.29 is 8.98 Å². The maximum Gasteiger partial charge on any atom is 0.216 e. The lowest BCUT2D eigenvalue weighted by Gasteiger charge is -2.06. The van der Waals surface area contributed by atoms with Gasteiger partial charge in [-0.1, -0.05) is 42.5 Å². The van der Waals surface area contributed by atoms with Gasteiger partial charge in [0, 0.05) is 28.5 Å². The Hall–Kier alpha value is -3.90. The van der Waals surface area contributed by atoms with E-state index in [4.69, 9.17) is 4.42 Å². The van der Waals surface area contributed by atoms with Crippen molar-refractivity contribution in [1.29, 1.82) is 5.26 Å². The normalized spacial score (nSPS) is 11.1. The fourth-order valence-corrected chi connectivity index (χ4v) is 4.23. The van der Waals surface area contributed by atoms with Crippen LogP contribution in [0.25, 0.3) is 44.3 Å². The molecule has 0 amide bonds. The van der Waals surface area contributed by atoms with E-state index in [1.54, 1.807) is 0 Å². The molecule has 0 aliphatic carbocycles. The van der Waals surface area contributed by atoms with Gasteiger partial charge in [0.2, 0.25) is 5.69 Å². The van der Waals surface area contributed by atoms with Crippen molar-refractivity contribution in [2.75, 3.05) is 0 Å². The smallest absolute Gasteiger partial charge is 0.216 e. The molecular weight excluding hydrogens is 368 g/mol. The highest BCUT2D eigenvalue weighted by atomic mass is 16.3. The molecule has 30 heavy (non-hydrogen) atoms. The molecule has 0 radical (unpaired) electrons. The first kappa shape index (κ1) is 18.1. The van der Waals surface area contributed by atoms with Crippen molar-refractivity contribution >= 4 is 21.9 Å². The minimum atomic E-state index is 0.618. The van der Waals surface area contributed by atoms with Gasteiger partial charge in [0.15, 0.2) is 6.20 Å². The van der Waals surface area contributed by atoms with Gasteiger partial charge in [0.05, 0.1) is 17.2 Å². The molecule has 3 aromatic carbocycles. The SMILES string of the molecule is Cc1cc[n+](C)c(-c2c(C)ccc3c2oc2c(-c4ccccc4)c(C#N)ccc23)c1. The average molecular weight is 389 g/mol. The van der Waals surface area contributed by atoms with Crippen LogP contribution in [0.3, 0.4) is 0 Å². The summed E-state index contributed by atoms with van der Waals surface area (Å²) in [4.78, 5) is 0. The molecule has 0 bridgehead atoms. The number of aryl methyl sites for hydroxylation is 3. The molecule has 0 aliphatic heterocycles. The fraction of sp³-hybridized carbons (Fsp3) is 0.111. The molecule has 2 aromatic heterocycles. The molecule has 0 atom stereocenters. The largest absolute Gasteiger partial charge is 0.454 e. The zero-order chi connectivity index (χ0) is 20.8. The fourth-order valence-electron chi connectivity index (χ4n) is 4.23. The summed E-state index contributed by atoms with van der Waals surface area (Å²) in [5, 5.41) is 11.9. The number of nitriles is 1. The second-order valence-corrected chi connectivity index (χ2v) is 7.78. The maximum atomic E-state index is 9.76. The molecule has 2 heterocycles. The van der Waals surface area contributed by atoms with Gasteiger partial charge in [0.25, 0.3) is 0 Å². The van der Waals surface area contributed by atoms with E-state index < -0.39 is 0 Å². The third-order valence-corrected chi connectivity index (χ3v) is 5.76. The minimum absolute atomic E-state index is 0.618. The Morgan fingerprint density at radius 2 is 1.53 bits per heavy atom. The minimum Gasteiger partial charge on any atom is -0.454 e. The average Bonchev–Trinajstić information content (AvgIpc) is 3.14. The Morgan fingerprint density at radius 1 is 0.833 bits per heavy atom. The first-order chi connectivity index (χ1) is 14.6. The van der Waals surface area contributed by atoms with Crippen LogP contribution < -0.4 is 4.57 Å². The highest BCUT2D eigenvalue weighted by Crippen LogP contribution is 2.41. The predicted octanol–water partition coefficient (Wildman–Crippen LogP) is 6.23. The Labute approximate surface area is 175 Å². The number of fused-ring (bicyclic) bond motifs is 3. The molecule has 0 spiro atoms. The molecule has 3 nitrogen and oxygen atoms in total. The lowest BCUT2D eigenvalue weighted by molar-refractivity contribution is -0.660. The number of benzene rings is 3. The lowest BCUT2D eigenvalue weighted by atomic mass is 9.96. The molecule has 0 N–H and O–H groups in total. The third kappa shape index (κ3) is 2.69. The summed E-state index contributed by atoms with van der Waals surface area (Å²) in [6, 6.07) is 24.8. The zero-order valence-electron chi connectivity index (χ0n) is 17.2. The van der Waals surface area contributed by atoms with Crippen LogP contribution in [-0.2, 0) is 7.05 Å². The first-order valence-electron chi connectivity index (χ1n) is 9.99. The summed E-state index contributed by atoms with van der Waals surface area (Å²) >= 11 is 0. The van der Waals surface area contributed by atoms with Crippen LogP contribution in [0.1, 0.15) is 16.7 Å². The number of hydrogen-bond donors (Lipinski definition) is 0. The summed E-state index contributed by atoms with van der Waals surface area (Å²) in [6.07, 6.45) is 2.08. The molecule has 0 saturated heterocycles. The Kier molecular flexibility index (Phi) is 4.15. The summed E-state index contributed by atoms with van der Waals surface area (Å²) in [7, 11) is 2.05. The Bertz CT molecular complexity index is 1470. The van der Waals surface area contributed by atoms with Crippen molar-refractivity contribution in [1.82, 2.24) is 0 Å². The van der Waals surface area contributed by atoms with Crippen LogP contribution in [0, 0.1) is 25.2 Å². The Balaban J connectivity index is 1.93. The van der Waals surface area contributed by atoms with Crippen LogP contribution in [-0.4, -0.2) is 0 Å². The van der Waals surface area contributed by atoms with Crippen LogP contribution in [0.4, 0.5) is 0 Å². The monoisotopic (exact) mass is 389 g/mol. The van der Waals surface area contributed by atoms with Gasteiger partial charge in [-0.15, -0.1) is 0 Å². The molecule has 5 rings (SSSR count). The van der Waals surface area contributed by atoms with Gasteiger partial charge in [-0.05, 0) is 42.7 Å². The van der Waals surface area contributed by atoms with Gasteiger partial charge in [0.1, 0.15) is 18.2 Å². The van der Waals surface area contributed by atoms with E-state index in [-0.39, 0.29) is 0 Å². The molecule has 0 aliphatic rings. The summed E-state index contributed by atoms with van der Waals surface area (Å²) in [5.41, 5.74) is 8.63. The quantitative estimate of drug-likeness (QED) is 0.336. The highest BCUT2D eigenvalue weighted by molar-refractivity contribution is 6.13. The van der Waals surface area contributed by atoms with E-state index in [0.717, 1.165) is 49.9 Å². The topological polar surface area (TPSA) is 40.8 Å². The lowest BCUT2D eigenvalue weighted by Crippen LogP contribution is -2.30. The van der Waals surface area contributed by atoms with Gasteiger partial charge >= 0.3 is 0 Å². The zero-order valence-corrected chi connectivity index (χ0v) is 17.2. The van der Waals surface area contributed by atoms with E-state index in [9.17, 15) is 5.26 Å². The summed E-state index contributed by atoms with van der Waals surface area (Å²) < 4.78 is 8.70. The van der Waals surface area contributed by atoms with Gasteiger partial charge in [-0.3, -0.25) is 0 Å². The number of nitrogens with zero attached hydrogens (tertiary/aromatic N) is 2. The van der Waals surface area contributed by atoms with Gasteiger partial charge in [-0.2, -0.15) is 5.26 Å². The number of pyridine rings is 1. The van der Waals surface area contributed by atoms with E-state index in [2.05, 4.69) is 62.0 Å². The van der Waals surface area contributed by atoms with Crippen LogP contribution >= 0.6 is 0 Å². The number of furan rings is 1. The number of aromatic nitrogens is 1. The predicted molar refractivity (Wildman–Crippen MR) is 120 cm³/mol. The van der Waals surface area contributed by atoms with Crippen LogP contribution in [0.15, 0.2) is 77.3 Å². The van der Waals surface area contributed by atoms with Gasteiger partial charge < -0.3 is 4.42 Å². The second kappa shape index (κ2) is 6.86. The van der Waals surface area contributed by atoms with E-state index >= 15 is 0 Å². The summed E-state index contributed by atoms with van der Waals surface area (Å²) in [6.45, 7) is 4.22. The van der Waals surface area contributed by atoms with E-state index in [1.165, 1.54) is 5.56 Å². The standard InChI is InChI=1S/C27H21N2O/c1-17-13-14-29(3)23(15-17)24-18(2)9-11-21-22-12-10-20(16-28)25(27(22)30-26(21)24)19-7-5-4-6-8-19/h4-15H,1-3H3/q+1. The molecule has 0 saturated carbocycles. The van der Waals surface area contributed by atoms with Crippen molar-refractivity contribution in [2.24, 2.45) is 7.05 Å². The molecule has 144 valence electrons. The van der Waals surface area contributed by atoms with Crippen LogP contribution in [0.2, 0.25) is 0 Å². The maximum absolute atomic E-state index is 9.76. The Morgan fingerprint density at radius 3 is 2.27 bits per heavy atom.